The standard InChI is InChI=1S/C59H52BN2/c1-5-6-8-17-39-28-34-52(48(36-39)40-18-9-7-10-19-40)62-53-35-29-41-20-11-13-22-44(41)56(53)60-57-49(37-42-21-12-14-23-45(42)58(57)62)54-51(61-43-30-26-38(2)27-31-43)33-32-47-46-24-15-16-25-50(46)59(3,4)55(47)54/h7,9-16,18-28,30-34,36-37,61H,5-6,8,17,29,35H2,1-4H3. The summed E-state index contributed by atoms with van der Waals surface area (Å²) >= 11 is 0. The first kappa shape index (κ1) is 38.4. The molecule has 0 amide bonds. The fraction of sp³-hybridized carbons (Fsp3) is 0.186. The Labute approximate surface area is 368 Å². The van der Waals surface area contributed by atoms with E-state index in [-0.39, 0.29) is 5.41 Å². The first-order valence-electron chi connectivity index (χ1n) is 22.7. The van der Waals surface area contributed by atoms with Crippen LogP contribution in [-0.2, 0) is 18.3 Å². The van der Waals surface area contributed by atoms with Crippen LogP contribution < -0.4 is 15.7 Å². The van der Waals surface area contributed by atoms with Crippen molar-refractivity contribution < 1.29 is 0 Å². The Kier molecular flexibility index (Phi) is 9.53. The summed E-state index contributed by atoms with van der Waals surface area (Å²) in [5.74, 6) is 0. The molecular weight excluding hydrogens is 747 g/mol. The summed E-state index contributed by atoms with van der Waals surface area (Å²) in [5, 5.41) is 6.49. The first-order chi connectivity index (χ1) is 30.4. The predicted octanol–water partition coefficient (Wildman–Crippen LogP) is 15.1. The molecule has 0 saturated heterocycles. The largest absolute Gasteiger partial charge is 0.355 e. The van der Waals surface area contributed by atoms with Gasteiger partial charge in [-0.15, -0.1) is 0 Å². The number of benzene rings is 8. The predicted molar refractivity (Wildman–Crippen MR) is 266 cm³/mol. The molecule has 0 aromatic heterocycles. The zero-order valence-electron chi connectivity index (χ0n) is 36.4. The fourth-order valence-electron chi connectivity index (χ4n) is 10.8. The summed E-state index contributed by atoms with van der Waals surface area (Å²) < 4.78 is 0. The van der Waals surface area contributed by atoms with Crippen molar-refractivity contribution in [2.45, 2.75) is 71.6 Å². The lowest BCUT2D eigenvalue weighted by molar-refractivity contribution is 0.662. The van der Waals surface area contributed by atoms with Crippen LogP contribution in [0.4, 0.5) is 22.7 Å². The van der Waals surface area contributed by atoms with Gasteiger partial charge in [0.15, 0.2) is 7.28 Å². The van der Waals surface area contributed by atoms with Crippen LogP contribution >= 0.6 is 0 Å². The van der Waals surface area contributed by atoms with Crippen molar-refractivity contribution in [1.29, 1.82) is 0 Å². The van der Waals surface area contributed by atoms with Gasteiger partial charge in [-0.25, -0.2) is 0 Å². The number of nitrogens with zero attached hydrogens (tertiary/aromatic N) is 1. The summed E-state index contributed by atoms with van der Waals surface area (Å²) in [4.78, 5) is 2.70. The molecule has 1 heterocycles. The highest BCUT2D eigenvalue weighted by atomic mass is 15.2. The molecule has 1 N–H and O–H groups in total. The van der Waals surface area contributed by atoms with Crippen molar-refractivity contribution in [2.24, 2.45) is 0 Å². The zero-order chi connectivity index (χ0) is 42.0. The minimum Gasteiger partial charge on any atom is -0.355 e. The van der Waals surface area contributed by atoms with Gasteiger partial charge in [0.05, 0.1) is 5.69 Å². The van der Waals surface area contributed by atoms with E-state index in [0.717, 1.165) is 30.6 Å². The second kappa shape index (κ2) is 15.4. The van der Waals surface area contributed by atoms with Gasteiger partial charge in [0, 0.05) is 44.7 Å². The van der Waals surface area contributed by atoms with E-state index in [9.17, 15) is 0 Å². The number of aryl methyl sites for hydroxylation is 3. The van der Waals surface area contributed by atoms with E-state index in [1.54, 1.807) is 0 Å². The number of anilines is 4. The highest BCUT2D eigenvalue weighted by Gasteiger charge is 2.41. The van der Waals surface area contributed by atoms with Crippen molar-refractivity contribution in [2.75, 3.05) is 10.2 Å². The molecule has 0 saturated carbocycles. The molecule has 1 aliphatic heterocycles. The minimum absolute atomic E-state index is 0.241. The second-order valence-electron chi connectivity index (χ2n) is 18.2. The minimum atomic E-state index is -0.241. The van der Waals surface area contributed by atoms with Crippen molar-refractivity contribution in [3.8, 4) is 33.4 Å². The van der Waals surface area contributed by atoms with Crippen LogP contribution in [0.3, 0.4) is 0 Å². The maximum atomic E-state index is 3.98. The summed E-state index contributed by atoms with van der Waals surface area (Å²) in [7, 11) is 2.56. The maximum absolute atomic E-state index is 3.98. The highest BCUT2D eigenvalue weighted by molar-refractivity contribution is 6.77. The molecule has 0 spiro atoms. The van der Waals surface area contributed by atoms with Gasteiger partial charge in [-0.1, -0.05) is 172 Å². The molecule has 3 heteroatoms. The third-order valence-electron chi connectivity index (χ3n) is 13.9. The Morgan fingerprint density at radius 3 is 2.24 bits per heavy atom. The Hall–Kier alpha value is -6.58. The monoisotopic (exact) mass is 799 g/mol. The third-order valence-corrected chi connectivity index (χ3v) is 13.9. The number of fused-ring (bicyclic) bond motifs is 8. The molecule has 0 bridgehead atoms. The van der Waals surface area contributed by atoms with Crippen molar-refractivity contribution >= 4 is 51.7 Å². The second-order valence-corrected chi connectivity index (χ2v) is 18.2. The number of hydrogen-bond donors (Lipinski definition) is 1. The first-order valence-corrected chi connectivity index (χ1v) is 22.7. The van der Waals surface area contributed by atoms with E-state index in [2.05, 4.69) is 209 Å². The molecule has 1 radical (unpaired) electrons. The Morgan fingerprint density at radius 2 is 1.40 bits per heavy atom. The zero-order valence-corrected chi connectivity index (χ0v) is 36.4. The Morgan fingerprint density at radius 1 is 0.645 bits per heavy atom. The van der Waals surface area contributed by atoms with Crippen LogP contribution in [0, 0.1) is 6.92 Å². The van der Waals surface area contributed by atoms with Crippen molar-refractivity contribution in [1.82, 2.24) is 0 Å². The molecule has 8 aromatic rings. The summed E-state index contributed by atoms with van der Waals surface area (Å²) in [6.07, 6.45) is 6.71. The van der Waals surface area contributed by atoms with Crippen LogP contribution in [0.2, 0.25) is 0 Å². The molecule has 301 valence electrons. The summed E-state index contributed by atoms with van der Waals surface area (Å²) in [5.41, 5.74) is 24.3. The van der Waals surface area contributed by atoms with Gasteiger partial charge in [-0.2, -0.15) is 0 Å². The lowest BCUT2D eigenvalue weighted by Gasteiger charge is -2.41. The van der Waals surface area contributed by atoms with Crippen molar-refractivity contribution in [3.05, 3.63) is 203 Å². The van der Waals surface area contributed by atoms with Gasteiger partial charge < -0.3 is 10.2 Å². The molecular formula is C59H52BN2. The molecule has 0 fully saturated rings. The third kappa shape index (κ3) is 6.32. The normalized spacial score (nSPS) is 14.4. The highest BCUT2D eigenvalue weighted by Crippen LogP contribution is 2.56. The van der Waals surface area contributed by atoms with Crippen molar-refractivity contribution in [3.63, 3.8) is 0 Å². The molecule has 11 rings (SSSR count). The van der Waals surface area contributed by atoms with Crippen LogP contribution in [0.5, 0.6) is 0 Å². The summed E-state index contributed by atoms with van der Waals surface area (Å²) in [6.45, 7) is 9.29. The number of hydrogen-bond acceptors (Lipinski definition) is 2. The quantitative estimate of drug-likeness (QED) is 0.116. The van der Waals surface area contributed by atoms with Gasteiger partial charge in [0.1, 0.15) is 0 Å². The van der Waals surface area contributed by atoms with Gasteiger partial charge in [0.25, 0.3) is 0 Å². The van der Waals surface area contributed by atoms with Gasteiger partial charge >= 0.3 is 0 Å². The number of allylic oxidation sites excluding steroid dienone is 1. The number of rotatable bonds is 9. The lowest BCUT2D eigenvalue weighted by Crippen LogP contribution is -2.38. The van der Waals surface area contributed by atoms with E-state index in [1.807, 2.05) is 0 Å². The maximum Gasteiger partial charge on any atom is 0.198 e. The molecule has 3 aliphatic rings. The number of unbranched alkanes of at least 4 members (excludes halogenated alkanes) is 2. The summed E-state index contributed by atoms with van der Waals surface area (Å²) in [6, 6.07) is 61.7. The molecule has 0 atom stereocenters. The van der Waals surface area contributed by atoms with E-state index < -0.39 is 0 Å². The van der Waals surface area contributed by atoms with Gasteiger partial charge in [0.2, 0.25) is 0 Å². The fourth-order valence-corrected chi connectivity index (χ4v) is 10.8. The average Bonchev–Trinajstić information content (AvgIpc) is 3.54. The van der Waals surface area contributed by atoms with E-state index in [0.29, 0.717) is 0 Å². The van der Waals surface area contributed by atoms with Crippen LogP contribution in [-0.4, -0.2) is 7.28 Å². The lowest BCUT2D eigenvalue weighted by atomic mass is 9.53. The SMILES string of the molecule is CCCCCc1ccc(N2C3=C([B]c4c(-c5c(Nc6ccc(C)cc6)ccc6c5C(C)(C)c5ccccc5-6)cc5ccccc5c42)c2ccccc2CC3)c(-c2ccccc2)c1. The van der Waals surface area contributed by atoms with Crippen LogP contribution in [0.1, 0.15) is 79.8 Å². The average molecular weight is 800 g/mol. The number of nitrogens with one attached hydrogen (secondary N) is 1. The smallest absolute Gasteiger partial charge is 0.198 e. The van der Waals surface area contributed by atoms with Gasteiger partial charge in [-0.3, -0.25) is 0 Å². The van der Waals surface area contributed by atoms with E-state index >= 15 is 0 Å². The van der Waals surface area contributed by atoms with Gasteiger partial charge in [-0.05, 0) is 130 Å². The molecule has 2 nitrogen and oxygen atoms in total. The van der Waals surface area contributed by atoms with E-state index in [1.165, 1.54) is 125 Å². The molecule has 62 heavy (non-hydrogen) atoms. The van der Waals surface area contributed by atoms with Crippen LogP contribution in [0.15, 0.2) is 169 Å². The Balaban J connectivity index is 1.24. The van der Waals surface area contributed by atoms with E-state index in [4.69, 9.17) is 0 Å². The Bertz CT molecular complexity index is 3060. The topological polar surface area (TPSA) is 15.3 Å². The molecule has 0 unspecified atom stereocenters. The van der Waals surface area contributed by atoms with Crippen LogP contribution in [0.25, 0.3) is 49.6 Å². The molecule has 2 aliphatic carbocycles. The molecule has 8 aromatic carbocycles.